The van der Waals surface area contributed by atoms with Crippen LogP contribution in [0.1, 0.15) is 51.9 Å². The van der Waals surface area contributed by atoms with E-state index < -0.39 is 0 Å². The molecule has 0 aliphatic heterocycles. The first kappa shape index (κ1) is 12.4. The summed E-state index contributed by atoms with van der Waals surface area (Å²) in [6.45, 7) is 2.29. The highest BCUT2D eigenvalue weighted by atomic mass is 79.9. The highest BCUT2D eigenvalue weighted by Crippen LogP contribution is 2.14. The predicted octanol–water partition coefficient (Wildman–Crippen LogP) is 3.93. The lowest BCUT2D eigenvalue weighted by atomic mass is 10.1. The molecule has 1 unspecified atom stereocenters. The van der Waals surface area contributed by atoms with Gasteiger partial charge in [-0.05, 0) is 12.8 Å². The zero-order valence-electron chi connectivity index (χ0n) is 8.02. The van der Waals surface area contributed by atoms with Crippen molar-refractivity contribution in [3.8, 4) is 0 Å². The fourth-order valence-electron chi connectivity index (χ4n) is 1.24. The second-order valence-electron chi connectivity index (χ2n) is 3.29. The van der Waals surface area contributed by atoms with Gasteiger partial charge < -0.3 is 0 Å². The van der Waals surface area contributed by atoms with Crippen molar-refractivity contribution >= 4 is 15.9 Å². The predicted molar refractivity (Wildman–Crippen MR) is 56.3 cm³/mol. The Morgan fingerprint density at radius 2 is 1.75 bits per heavy atom. The maximum atomic E-state index is 10.2. The summed E-state index contributed by atoms with van der Waals surface area (Å²) in [7, 11) is 0. The molecule has 1 atom stereocenters. The molecular weight excluding hydrogens is 216 g/mol. The zero-order valence-corrected chi connectivity index (χ0v) is 9.61. The van der Waals surface area contributed by atoms with E-state index >= 15 is 0 Å². The van der Waals surface area contributed by atoms with Crippen LogP contribution >= 0.6 is 15.9 Å². The summed E-state index contributed by atoms with van der Waals surface area (Å²) in [6, 6.07) is 0. The van der Waals surface area contributed by atoms with E-state index in [-0.39, 0.29) is 6.61 Å². The molecule has 0 aromatic heterocycles. The van der Waals surface area contributed by atoms with Crippen LogP contribution in [0.2, 0.25) is 0 Å². The molecule has 1 radical (unpaired) electrons. The first-order chi connectivity index (χ1) is 5.81. The molecule has 0 aliphatic rings. The molecule has 0 heterocycles. The molecular formula is C10H20BrO. The lowest BCUT2D eigenvalue weighted by Gasteiger charge is -2.06. The molecule has 1 nitrogen and oxygen atoms in total. The van der Waals surface area contributed by atoms with Gasteiger partial charge in [-0.1, -0.05) is 55.0 Å². The van der Waals surface area contributed by atoms with Crippen LogP contribution in [0.15, 0.2) is 0 Å². The van der Waals surface area contributed by atoms with Crippen LogP contribution in [0.5, 0.6) is 0 Å². The van der Waals surface area contributed by atoms with Crippen molar-refractivity contribution in [3.63, 3.8) is 0 Å². The van der Waals surface area contributed by atoms with Gasteiger partial charge in [0, 0.05) is 4.83 Å². The molecule has 0 N–H and O–H groups in total. The minimum absolute atomic E-state index is 0.0604. The van der Waals surface area contributed by atoms with E-state index in [0.717, 1.165) is 6.42 Å². The minimum Gasteiger partial charge on any atom is -0.237 e. The van der Waals surface area contributed by atoms with Gasteiger partial charge in [-0.25, -0.2) is 5.11 Å². The van der Waals surface area contributed by atoms with Gasteiger partial charge in [-0.3, -0.25) is 0 Å². The third kappa shape index (κ3) is 8.54. The molecule has 0 aliphatic carbocycles. The number of unbranched alkanes of at least 4 members (excludes halogenated alkanes) is 4. The Morgan fingerprint density at radius 1 is 1.08 bits per heavy atom. The van der Waals surface area contributed by atoms with E-state index in [2.05, 4.69) is 22.9 Å². The van der Waals surface area contributed by atoms with E-state index in [4.69, 9.17) is 0 Å². The molecule has 0 bridgehead atoms. The number of rotatable bonds is 8. The summed E-state index contributed by atoms with van der Waals surface area (Å²) in [5.41, 5.74) is 0. The topological polar surface area (TPSA) is 19.9 Å². The molecule has 0 saturated heterocycles. The first-order valence-corrected chi connectivity index (χ1v) is 5.95. The van der Waals surface area contributed by atoms with Gasteiger partial charge in [0.05, 0.1) is 6.61 Å². The summed E-state index contributed by atoms with van der Waals surface area (Å²) < 4.78 is 0. The second-order valence-corrected chi connectivity index (χ2v) is 4.59. The number of alkyl halides is 1. The van der Waals surface area contributed by atoms with Crippen LogP contribution in [-0.2, 0) is 5.11 Å². The largest absolute Gasteiger partial charge is 0.237 e. The SMILES string of the molecule is CCCCCCCC(Br)CC[O]. The zero-order chi connectivity index (χ0) is 9.23. The molecule has 0 spiro atoms. The first-order valence-electron chi connectivity index (χ1n) is 5.03. The molecule has 0 aromatic rings. The van der Waals surface area contributed by atoms with Crippen LogP contribution in [0.3, 0.4) is 0 Å². The van der Waals surface area contributed by atoms with Gasteiger partial charge in [0.25, 0.3) is 0 Å². The van der Waals surface area contributed by atoms with E-state index in [0.29, 0.717) is 4.83 Å². The smallest absolute Gasteiger partial charge is 0.0833 e. The van der Waals surface area contributed by atoms with E-state index in [1.165, 1.54) is 38.5 Å². The molecule has 12 heavy (non-hydrogen) atoms. The quantitative estimate of drug-likeness (QED) is 0.449. The molecule has 0 aromatic carbocycles. The van der Waals surface area contributed by atoms with Gasteiger partial charge in [0.1, 0.15) is 0 Å². The number of hydrogen-bond acceptors (Lipinski definition) is 0. The summed E-state index contributed by atoms with van der Waals surface area (Å²) >= 11 is 3.51. The number of halogens is 1. The Labute approximate surface area is 84.7 Å². The Balaban J connectivity index is 2.97. The van der Waals surface area contributed by atoms with Crippen LogP contribution in [0.25, 0.3) is 0 Å². The Morgan fingerprint density at radius 3 is 2.33 bits per heavy atom. The Bertz CT molecular complexity index is 85.9. The lowest BCUT2D eigenvalue weighted by molar-refractivity contribution is 0.188. The highest BCUT2D eigenvalue weighted by molar-refractivity contribution is 9.09. The summed E-state index contributed by atoms with van der Waals surface area (Å²) in [5, 5.41) is 10.2. The van der Waals surface area contributed by atoms with Crippen molar-refractivity contribution in [1.29, 1.82) is 0 Å². The molecule has 0 rings (SSSR count). The van der Waals surface area contributed by atoms with Crippen molar-refractivity contribution < 1.29 is 5.11 Å². The minimum atomic E-state index is 0.0604. The van der Waals surface area contributed by atoms with Crippen LogP contribution in [0, 0.1) is 0 Å². The van der Waals surface area contributed by atoms with E-state index in [1.807, 2.05) is 0 Å². The van der Waals surface area contributed by atoms with Gasteiger partial charge in [0.15, 0.2) is 0 Å². The molecule has 0 fully saturated rings. The van der Waals surface area contributed by atoms with E-state index in [1.54, 1.807) is 0 Å². The average Bonchev–Trinajstić information content (AvgIpc) is 2.05. The second kappa shape index (κ2) is 9.53. The monoisotopic (exact) mass is 235 g/mol. The van der Waals surface area contributed by atoms with Gasteiger partial charge in [-0.15, -0.1) is 0 Å². The van der Waals surface area contributed by atoms with Crippen molar-refractivity contribution in [2.45, 2.75) is 56.7 Å². The normalized spacial score (nSPS) is 13.2. The van der Waals surface area contributed by atoms with Crippen LogP contribution in [-0.4, -0.2) is 11.4 Å². The van der Waals surface area contributed by atoms with Crippen molar-refractivity contribution in [2.75, 3.05) is 6.61 Å². The maximum absolute atomic E-state index is 10.2. The lowest BCUT2D eigenvalue weighted by Crippen LogP contribution is -1.99. The van der Waals surface area contributed by atoms with Crippen molar-refractivity contribution in [3.05, 3.63) is 0 Å². The number of hydrogen-bond donors (Lipinski definition) is 0. The maximum Gasteiger partial charge on any atom is 0.0833 e. The van der Waals surface area contributed by atoms with Gasteiger partial charge in [-0.2, -0.15) is 0 Å². The third-order valence-corrected chi connectivity index (χ3v) is 2.97. The van der Waals surface area contributed by atoms with Crippen molar-refractivity contribution in [1.82, 2.24) is 0 Å². The van der Waals surface area contributed by atoms with Gasteiger partial charge in [0.2, 0.25) is 0 Å². The van der Waals surface area contributed by atoms with E-state index in [9.17, 15) is 5.11 Å². The Kier molecular flexibility index (Phi) is 9.88. The summed E-state index contributed by atoms with van der Waals surface area (Å²) in [6.07, 6.45) is 8.57. The summed E-state index contributed by atoms with van der Waals surface area (Å²) in [4.78, 5) is 0.469. The molecule has 0 amide bonds. The third-order valence-electron chi connectivity index (χ3n) is 2.05. The van der Waals surface area contributed by atoms with Crippen molar-refractivity contribution in [2.24, 2.45) is 0 Å². The van der Waals surface area contributed by atoms with Crippen LogP contribution in [0.4, 0.5) is 0 Å². The highest BCUT2D eigenvalue weighted by Gasteiger charge is 2.02. The Hall–Kier alpha value is 0.440. The van der Waals surface area contributed by atoms with Crippen LogP contribution < -0.4 is 0 Å². The van der Waals surface area contributed by atoms with Gasteiger partial charge >= 0.3 is 0 Å². The standard InChI is InChI=1S/C10H20BrO/c1-2-3-4-5-6-7-10(11)8-9-12/h10H,2-9H2,1H3. The summed E-state index contributed by atoms with van der Waals surface area (Å²) in [5.74, 6) is 0. The molecule has 2 heteroatoms. The fraction of sp³-hybridized carbons (Fsp3) is 1.00. The molecule has 0 saturated carbocycles. The average molecular weight is 236 g/mol. The fourth-order valence-corrected chi connectivity index (χ4v) is 1.75. The molecule has 73 valence electrons.